The lowest BCUT2D eigenvalue weighted by atomic mass is 10.0. The molecular weight excluding hydrogens is 1260 g/mol. The van der Waals surface area contributed by atoms with E-state index in [2.05, 4.69) is 55.4 Å². The first kappa shape index (κ1) is 94.1. The zero-order chi connectivity index (χ0) is 71.0. The average Bonchev–Trinajstić information content (AvgIpc) is 1.56. The second-order valence-electron chi connectivity index (χ2n) is 29.7. The maximum absolute atomic E-state index is 13.1. The van der Waals surface area contributed by atoms with Crippen LogP contribution in [0.25, 0.3) is 0 Å². The fourth-order valence-electron chi connectivity index (χ4n) is 11.7. The Morgan fingerprint density at radius 1 is 0.260 bits per heavy atom. The summed E-state index contributed by atoms with van der Waals surface area (Å²) >= 11 is 0. The molecule has 3 N–H and O–H groups in total. The molecule has 0 aromatic heterocycles. The first-order chi connectivity index (χ1) is 46.1. The van der Waals surface area contributed by atoms with Crippen molar-refractivity contribution in [1.82, 2.24) is 0 Å². The van der Waals surface area contributed by atoms with Gasteiger partial charge in [-0.05, 0) is 49.4 Å². The third-order valence-corrected chi connectivity index (χ3v) is 19.7. The number of aliphatic hydroxyl groups is 1. The summed E-state index contributed by atoms with van der Waals surface area (Å²) in [6, 6.07) is 0. The fourth-order valence-corrected chi connectivity index (χ4v) is 13.3. The van der Waals surface area contributed by atoms with Crippen LogP contribution in [0, 0.1) is 23.7 Å². The van der Waals surface area contributed by atoms with E-state index in [9.17, 15) is 43.2 Å². The molecule has 0 saturated carbocycles. The van der Waals surface area contributed by atoms with Crippen LogP contribution in [0.2, 0.25) is 0 Å². The van der Waals surface area contributed by atoms with Crippen LogP contribution in [0.4, 0.5) is 0 Å². The summed E-state index contributed by atoms with van der Waals surface area (Å²) in [7, 11) is -9.92. The van der Waals surface area contributed by atoms with Crippen LogP contribution in [-0.2, 0) is 65.4 Å². The van der Waals surface area contributed by atoms with Crippen molar-refractivity contribution >= 4 is 39.5 Å². The highest BCUT2D eigenvalue weighted by molar-refractivity contribution is 7.47. The molecule has 0 aliphatic heterocycles. The maximum Gasteiger partial charge on any atom is 0.472 e. The monoisotopic (exact) mass is 1410 g/mol. The number of esters is 4. The van der Waals surface area contributed by atoms with Crippen LogP contribution in [0.1, 0.15) is 389 Å². The molecule has 2 unspecified atom stereocenters. The molecule has 0 aliphatic rings. The molecule has 19 heteroatoms. The normalized spacial score (nSPS) is 14.1. The Morgan fingerprint density at radius 3 is 0.646 bits per heavy atom. The number of hydrogen-bond acceptors (Lipinski definition) is 15. The number of rotatable bonds is 74. The predicted octanol–water partition coefficient (Wildman–Crippen LogP) is 22.4. The smallest absolute Gasteiger partial charge is 0.462 e. The number of aliphatic hydroxyl groups excluding tert-OH is 1. The first-order valence-electron chi connectivity index (χ1n) is 39.7. The summed E-state index contributed by atoms with van der Waals surface area (Å²) in [4.78, 5) is 72.9. The first-order valence-corrected chi connectivity index (χ1v) is 42.7. The van der Waals surface area contributed by atoms with Gasteiger partial charge in [0.05, 0.1) is 26.4 Å². The molecule has 0 radical (unpaired) electrons. The van der Waals surface area contributed by atoms with Gasteiger partial charge in [0.25, 0.3) is 0 Å². The van der Waals surface area contributed by atoms with E-state index in [-0.39, 0.29) is 25.7 Å². The van der Waals surface area contributed by atoms with Crippen LogP contribution >= 0.6 is 15.6 Å². The Hall–Kier alpha value is -1.94. The van der Waals surface area contributed by atoms with Crippen molar-refractivity contribution in [3.05, 3.63) is 0 Å². The van der Waals surface area contributed by atoms with Crippen molar-refractivity contribution in [2.24, 2.45) is 23.7 Å². The number of hydrogen-bond donors (Lipinski definition) is 3. The van der Waals surface area contributed by atoms with Crippen molar-refractivity contribution in [2.45, 2.75) is 408 Å². The number of phosphoric acid groups is 2. The predicted molar refractivity (Wildman–Crippen MR) is 391 cm³/mol. The van der Waals surface area contributed by atoms with Gasteiger partial charge < -0.3 is 33.8 Å². The minimum absolute atomic E-state index is 0.105. The molecule has 5 atom stereocenters. The molecule has 0 amide bonds. The zero-order valence-corrected chi connectivity index (χ0v) is 64.8. The van der Waals surface area contributed by atoms with Crippen LogP contribution < -0.4 is 0 Å². The number of unbranched alkanes of at least 4 members (excludes halogenated alkanes) is 40. The van der Waals surface area contributed by atoms with Crippen LogP contribution in [0.3, 0.4) is 0 Å². The molecule has 96 heavy (non-hydrogen) atoms. The van der Waals surface area contributed by atoms with Gasteiger partial charge in [-0.2, -0.15) is 0 Å². The Kier molecular flexibility index (Phi) is 65.0. The average molecular weight is 1410 g/mol. The van der Waals surface area contributed by atoms with E-state index in [4.69, 9.17) is 37.0 Å². The van der Waals surface area contributed by atoms with Crippen LogP contribution in [0.5, 0.6) is 0 Å². The van der Waals surface area contributed by atoms with Gasteiger partial charge in [-0.1, -0.05) is 338 Å². The molecule has 0 aromatic rings. The lowest BCUT2D eigenvalue weighted by Crippen LogP contribution is -2.30. The number of phosphoric ester groups is 2. The summed E-state index contributed by atoms with van der Waals surface area (Å²) in [5.74, 6) is 0.946. The van der Waals surface area contributed by atoms with Gasteiger partial charge in [0.1, 0.15) is 19.3 Å². The highest BCUT2D eigenvalue weighted by atomic mass is 31.2. The lowest BCUT2D eigenvalue weighted by molar-refractivity contribution is -0.161. The number of ether oxygens (including phenoxy) is 4. The molecule has 0 saturated heterocycles. The van der Waals surface area contributed by atoms with Gasteiger partial charge >= 0.3 is 39.5 Å². The molecule has 0 spiro atoms. The van der Waals surface area contributed by atoms with Crippen LogP contribution in [0.15, 0.2) is 0 Å². The second kappa shape index (κ2) is 66.3. The van der Waals surface area contributed by atoms with Gasteiger partial charge in [0.2, 0.25) is 0 Å². The van der Waals surface area contributed by atoms with E-state index in [1.807, 2.05) is 0 Å². The van der Waals surface area contributed by atoms with Gasteiger partial charge in [0, 0.05) is 25.7 Å². The molecule has 570 valence electrons. The molecular formula is C77H150O17P2. The highest BCUT2D eigenvalue weighted by Gasteiger charge is 2.30. The summed E-state index contributed by atoms with van der Waals surface area (Å²) in [5, 5.41) is 10.6. The molecule has 0 fully saturated rings. The third kappa shape index (κ3) is 70.5. The number of carbonyl (C=O) groups excluding carboxylic acids is 4. The van der Waals surface area contributed by atoms with Gasteiger partial charge in [-0.15, -0.1) is 0 Å². The zero-order valence-electron chi connectivity index (χ0n) is 63.0. The van der Waals surface area contributed by atoms with E-state index in [1.165, 1.54) is 193 Å². The van der Waals surface area contributed by atoms with Gasteiger partial charge in [-0.25, -0.2) is 9.13 Å². The van der Waals surface area contributed by atoms with Crippen molar-refractivity contribution < 1.29 is 80.2 Å². The maximum atomic E-state index is 13.1. The fraction of sp³-hybridized carbons (Fsp3) is 0.948. The van der Waals surface area contributed by atoms with E-state index in [1.54, 1.807) is 0 Å². The van der Waals surface area contributed by atoms with Gasteiger partial charge in [-0.3, -0.25) is 37.3 Å². The van der Waals surface area contributed by atoms with E-state index in [0.717, 1.165) is 114 Å². The van der Waals surface area contributed by atoms with E-state index in [0.29, 0.717) is 25.7 Å². The molecule has 17 nitrogen and oxygen atoms in total. The lowest BCUT2D eigenvalue weighted by Gasteiger charge is -2.21. The molecule has 0 rings (SSSR count). The summed E-state index contributed by atoms with van der Waals surface area (Å²) in [5.41, 5.74) is 0. The van der Waals surface area contributed by atoms with Crippen molar-refractivity contribution in [2.75, 3.05) is 39.6 Å². The Bertz CT molecular complexity index is 1880. The van der Waals surface area contributed by atoms with E-state index >= 15 is 0 Å². The summed E-state index contributed by atoms with van der Waals surface area (Å²) in [6.07, 6.45) is 51.2. The second-order valence-corrected chi connectivity index (χ2v) is 32.6. The highest BCUT2D eigenvalue weighted by Crippen LogP contribution is 2.45. The third-order valence-electron chi connectivity index (χ3n) is 17.8. The van der Waals surface area contributed by atoms with E-state index < -0.39 is 97.5 Å². The quantitative estimate of drug-likeness (QED) is 0.0222. The van der Waals surface area contributed by atoms with Crippen molar-refractivity contribution in [3.8, 4) is 0 Å². The summed E-state index contributed by atoms with van der Waals surface area (Å²) < 4.78 is 68.6. The Morgan fingerprint density at radius 2 is 0.438 bits per heavy atom. The molecule has 0 bridgehead atoms. The van der Waals surface area contributed by atoms with Crippen molar-refractivity contribution in [1.29, 1.82) is 0 Å². The minimum Gasteiger partial charge on any atom is -0.462 e. The molecule has 0 aliphatic carbocycles. The topological polar surface area (TPSA) is 237 Å². The van der Waals surface area contributed by atoms with Crippen molar-refractivity contribution in [3.63, 3.8) is 0 Å². The summed E-state index contributed by atoms with van der Waals surface area (Å²) in [6.45, 7) is 14.2. The largest absolute Gasteiger partial charge is 0.472 e. The minimum atomic E-state index is -4.96. The van der Waals surface area contributed by atoms with Crippen LogP contribution in [-0.4, -0.2) is 96.7 Å². The molecule has 0 aromatic carbocycles. The van der Waals surface area contributed by atoms with Gasteiger partial charge in [0.15, 0.2) is 12.2 Å². The Balaban J connectivity index is 5.27. The SMILES string of the molecule is CC(C)CCCCCCCCCCCCCCCCC(=O)O[C@H](COC(=O)CCCCCCCCCCCCC(C)C)COP(=O)(O)OC[C@@H](O)COP(=O)(O)OC[C@@H](COC(=O)CCCCCCCCCCCCC(C)C)OC(=O)CCCCCCCCCCCCC(C)C. The molecule has 0 heterocycles. The standard InChI is InChI=1S/C77H150O17P2/c1-67(2)53-45-37-29-21-13-11-9-10-12-14-27-35-43-51-59-76(81)93-72(63-87-74(79)57-49-41-33-25-18-15-22-30-38-46-54-68(3)4)65-91-95(83,84)89-61-71(78)62-90-96(85,86)92-66-73(94-77(82)60-52-44-36-28-20-17-24-32-40-48-56-70(7)8)64-88-75(80)58-50-42-34-26-19-16-23-31-39-47-55-69(5)6/h67-73,78H,9-66H2,1-8H3,(H,83,84)(H,85,86)/t71-,72-,73-/m1/s1. The Labute approximate surface area is 588 Å². The number of carbonyl (C=O) groups is 4.